The Morgan fingerprint density at radius 1 is 1.13 bits per heavy atom. The van der Waals surface area contributed by atoms with Gasteiger partial charge in [0.05, 0.1) is 16.2 Å². The number of hydrogen-bond donors (Lipinski definition) is 0. The summed E-state index contributed by atoms with van der Waals surface area (Å²) in [6, 6.07) is 12.8. The second kappa shape index (κ2) is 9.16. The molecule has 0 aliphatic heterocycles. The topological polar surface area (TPSA) is 56.5 Å². The molecule has 0 saturated carbocycles. The lowest BCUT2D eigenvalue weighted by atomic mass is 10.2. The van der Waals surface area contributed by atoms with Crippen molar-refractivity contribution in [2.75, 3.05) is 6.61 Å². The molecule has 0 unspecified atom stereocenters. The average Bonchev–Trinajstić information content (AvgIpc) is 3.26. The van der Waals surface area contributed by atoms with Crippen LogP contribution in [-0.4, -0.2) is 21.2 Å². The fraction of sp³-hybridized carbons (Fsp3) is 0.227. The second-order valence-corrected chi connectivity index (χ2v) is 8.65. The van der Waals surface area contributed by atoms with E-state index < -0.39 is 0 Å². The Kier molecular flexibility index (Phi) is 6.37. The number of fused-ring (bicyclic) bond motifs is 1. The average molecular weight is 460 g/mol. The van der Waals surface area contributed by atoms with Crippen LogP contribution in [0.5, 0.6) is 5.75 Å². The van der Waals surface area contributed by atoms with Crippen LogP contribution in [0.2, 0.25) is 10.0 Å². The fourth-order valence-electron chi connectivity index (χ4n) is 2.97. The minimum Gasteiger partial charge on any atom is -0.494 e. The Morgan fingerprint density at radius 3 is 2.63 bits per heavy atom. The molecule has 4 aromatic rings. The monoisotopic (exact) mass is 459 g/mol. The summed E-state index contributed by atoms with van der Waals surface area (Å²) in [7, 11) is 0. The van der Waals surface area contributed by atoms with Crippen molar-refractivity contribution >= 4 is 45.6 Å². The molecular weight excluding hydrogens is 441 g/mol. The van der Waals surface area contributed by atoms with Gasteiger partial charge in [0.15, 0.2) is 5.82 Å². The van der Waals surface area contributed by atoms with Gasteiger partial charge in [-0.15, -0.1) is 5.10 Å². The summed E-state index contributed by atoms with van der Waals surface area (Å²) in [5, 5.41) is 5.31. The summed E-state index contributed by atoms with van der Waals surface area (Å²) in [5.41, 5.74) is 1.34. The first-order chi connectivity index (χ1) is 14.5. The second-order valence-electron chi connectivity index (χ2n) is 6.79. The van der Waals surface area contributed by atoms with Crippen molar-refractivity contribution in [3.63, 3.8) is 0 Å². The predicted octanol–water partition coefficient (Wildman–Crippen LogP) is 5.24. The molecule has 0 bridgehead atoms. The number of nitrogens with zero attached hydrogens (tertiary/aromatic N) is 3. The summed E-state index contributed by atoms with van der Waals surface area (Å²) < 4.78 is 7.60. The highest BCUT2D eigenvalue weighted by molar-refractivity contribution is 7.15. The van der Waals surface area contributed by atoms with E-state index >= 15 is 0 Å². The van der Waals surface area contributed by atoms with Gasteiger partial charge in [-0.1, -0.05) is 66.4 Å². The quantitative estimate of drug-likeness (QED) is 0.354. The molecule has 5 nitrogen and oxygen atoms in total. The maximum absolute atomic E-state index is 12.7. The van der Waals surface area contributed by atoms with Gasteiger partial charge in [0, 0.05) is 10.6 Å². The van der Waals surface area contributed by atoms with Gasteiger partial charge in [0.25, 0.3) is 5.56 Å². The van der Waals surface area contributed by atoms with E-state index in [1.807, 2.05) is 30.3 Å². The van der Waals surface area contributed by atoms with Gasteiger partial charge in [0.1, 0.15) is 5.75 Å². The summed E-state index contributed by atoms with van der Waals surface area (Å²) in [6.45, 7) is 2.88. The van der Waals surface area contributed by atoms with Crippen LogP contribution in [0.1, 0.15) is 31.7 Å². The first kappa shape index (κ1) is 20.8. The van der Waals surface area contributed by atoms with E-state index in [0.717, 1.165) is 24.3 Å². The van der Waals surface area contributed by atoms with Crippen molar-refractivity contribution in [2.24, 2.45) is 0 Å². The largest absolute Gasteiger partial charge is 0.494 e. The van der Waals surface area contributed by atoms with Gasteiger partial charge < -0.3 is 4.74 Å². The van der Waals surface area contributed by atoms with Crippen LogP contribution in [-0.2, 0) is 0 Å². The smallest absolute Gasteiger partial charge is 0.291 e. The maximum atomic E-state index is 12.7. The van der Waals surface area contributed by atoms with Crippen LogP contribution in [0.25, 0.3) is 22.4 Å². The highest BCUT2D eigenvalue weighted by atomic mass is 35.5. The normalized spacial score (nSPS) is 12.0. The zero-order valence-corrected chi connectivity index (χ0v) is 18.6. The zero-order valence-electron chi connectivity index (χ0n) is 16.3. The molecule has 0 amide bonds. The molecule has 0 aliphatic rings. The molecule has 2 heterocycles. The van der Waals surface area contributed by atoms with E-state index in [-0.39, 0.29) is 5.56 Å². The number of aromatic nitrogens is 3. The van der Waals surface area contributed by atoms with Gasteiger partial charge >= 0.3 is 0 Å². The van der Waals surface area contributed by atoms with Crippen molar-refractivity contribution in [2.45, 2.75) is 26.2 Å². The Labute approximate surface area is 187 Å². The number of hydrogen-bond acceptors (Lipinski definition) is 5. The van der Waals surface area contributed by atoms with Crippen molar-refractivity contribution < 1.29 is 4.74 Å². The molecule has 0 saturated heterocycles. The lowest BCUT2D eigenvalue weighted by Gasteiger charge is -2.05. The summed E-state index contributed by atoms with van der Waals surface area (Å²) >= 11 is 13.5. The van der Waals surface area contributed by atoms with Crippen molar-refractivity contribution in [1.29, 1.82) is 0 Å². The standard InChI is InChI=1S/C22H19Cl2N3O2S/c1-2-3-4-11-29-16-8-5-14(6-9-16)12-19-21(28)27-22(30-19)25-20(26-27)17-10-7-15(23)13-18(17)24/h5-10,12-13H,2-4,11H2,1H3. The summed E-state index contributed by atoms with van der Waals surface area (Å²) in [4.78, 5) is 17.7. The Morgan fingerprint density at radius 2 is 1.93 bits per heavy atom. The Balaban J connectivity index is 1.58. The van der Waals surface area contributed by atoms with Gasteiger partial charge in [-0.3, -0.25) is 4.79 Å². The number of ether oxygens (including phenoxy) is 1. The maximum Gasteiger partial charge on any atom is 0.291 e. The fourth-order valence-corrected chi connectivity index (χ4v) is 4.37. The molecule has 0 atom stereocenters. The third-order valence-corrected chi connectivity index (χ3v) is 6.06. The molecule has 0 N–H and O–H groups in total. The molecule has 0 spiro atoms. The summed E-state index contributed by atoms with van der Waals surface area (Å²) in [5.74, 6) is 1.23. The molecular formula is C22H19Cl2N3O2S. The van der Waals surface area contributed by atoms with E-state index in [1.165, 1.54) is 28.7 Å². The number of thiazole rings is 1. The molecule has 154 valence electrons. The van der Waals surface area contributed by atoms with Crippen molar-refractivity contribution in [3.05, 3.63) is 73.0 Å². The molecule has 8 heteroatoms. The molecule has 30 heavy (non-hydrogen) atoms. The molecule has 0 radical (unpaired) electrons. The van der Waals surface area contributed by atoms with Gasteiger partial charge in [0.2, 0.25) is 4.96 Å². The van der Waals surface area contributed by atoms with E-state index in [2.05, 4.69) is 17.0 Å². The molecule has 0 fully saturated rings. The first-order valence-corrected chi connectivity index (χ1v) is 11.2. The molecule has 2 aromatic carbocycles. The van der Waals surface area contributed by atoms with Crippen LogP contribution >= 0.6 is 34.5 Å². The lowest BCUT2D eigenvalue weighted by molar-refractivity contribution is 0.306. The van der Waals surface area contributed by atoms with Crippen LogP contribution in [0, 0.1) is 0 Å². The van der Waals surface area contributed by atoms with E-state index in [9.17, 15) is 4.79 Å². The molecule has 2 aromatic heterocycles. The lowest BCUT2D eigenvalue weighted by Crippen LogP contribution is -2.23. The summed E-state index contributed by atoms with van der Waals surface area (Å²) in [6.07, 6.45) is 5.22. The number of rotatable bonds is 7. The molecule has 0 aliphatic carbocycles. The predicted molar refractivity (Wildman–Crippen MR) is 123 cm³/mol. The highest BCUT2D eigenvalue weighted by Gasteiger charge is 2.14. The van der Waals surface area contributed by atoms with E-state index in [4.69, 9.17) is 27.9 Å². The van der Waals surface area contributed by atoms with E-state index in [1.54, 1.807) is 18.2 Å². The Hall–Kier alpha value is -2.41. The Bertz CT molecular complexity index is 1280. The van der Waals surface area contributed by atoms with Crippen molar-refractivity contribution in [1.82, 2.24) is 14.6 Å². The van der Waals surface area contributed by atoms with Gasteiger partial charge in [-0.05, 0) is 48.4 Å². The van der Waals surface area contributed by atoms with Gasteiger partial charge in [-0.2, -0.15) is 9.50 Å². The number of benzene rings is 2. The molecule has 4 rings (SSSR count). The van der Waals surface area contributed by atoms with E-state index in [0.29, 0.717) is 30.9 Å². The zero-order chi connectivity index (χ0) is 21.1. The van der Waals surface area contributed by atoms with Crippen LogP contribution in [0.15, 0.2) is 47.3 Å². The number of halogens is 2. The third-order valence-electron chi connectivity index (χ3n) is 4.55. The SMILES string of the molecule is CCCCCOc1ccc(C=c2sc3nc(-c4ccc(Cl)cc4Cl)nn3c2=O)cc1. The minimum atomic E-state index is -0.210. The number of unbranched alkanes of at least 4 members (excludes halogenated alkanes) is 2. The third kappa shape index (κ3) is 4.51. The van der Waals surface area contributed by atoms with Crippen LogP contribution < -0.4 is 14.8 Å². The minimum absolute atomic E-state index is 0.210. The van der Waals surface area contributed by atoms with Crippen molar-refractivity contribution in [3.8, 4) is 17.1 Å². The first-order valence-electron chi connectivity index (χ1n) is 9.65. The highest BCUT2D eigenvalue weighted by Crippen LogP contribution is 2.28. The van der Waals surface area contributed by atoms with Crippen LogP contribution in [0.3, 0.4) is 0 Å². The van der Waals surface area contributed by atoms with Crippen LogP contribution in [0.4, 0.5) is 0 Å². The van der Waals surface area contributed by atoms with Gasteiger partial charge in [-0.25, -0.2) is 0 Å².